The Morgan fingerprint density at radius 2 is 1.90 bits per heavy atom. The molecule has 58 valence electrons. The van der Waals surface area contributed by atoms with Gasteiger partial charge in [-0.2, -0.15) is 0 Å². The van der Waals surface area contributed by atoms with Crippen molar-refractivity contribution < 1.29 is 0 Å². The van der Waals surface area contributed by atoms with E-state index in [0.717, 1.165) is 0 Å². The molecule has 1 aliphatic rings. The summed E-state index contributed by atoms with van der Waals surface area (Å²) in [5, 5.41) is 0. The van der Waals surface area contributed by atoms with Crippen LogP contribution in [0.1, 0.15) is 52.4 Å². The number of hydrogen-bond donors (Lipinski definition) is 0. The van der Waals surface area contributed by atoms with E-state index in [2.05, 4.69) is 13.8 Å². The fourth-order valence-electron chi connectivity index (χ4n) is 1.78. The topological polar surface area (TPSA) is 0 Å². The van der Waals surface area contributed by atoms with E-state index in [-0.39, 0.29) is 0 Å². The maximum absolute atomic E-state index is 2.31. The summed E-state index contributed by atoms with van der Waals surface area (Å²) >= 11 is 0. The van der Waals surface area contributed by atoms with Gasteiger partial charge in [0.25, 0.3) is 0 Å². The van der Waals surface area contributed by atoms with E-state index in [0.29, 0.717) is 0 Å². The maximum atomic E-state index is 2.31. The molecule has 0 aromatic carbocycles. The van der Waals surface area contributed by atoms with Gasteiger partial charge in [0, 0.05) is 0 Å². The Balaban J connectivity index is 2.46. The minimum Gasteiger partial charge on any atom is -0.0741 e. The summed E-state index contributed by atoms with van der Waals surface area (Å²) in [4.78, 5) is 0. The van der Waals surface area contributed by atoms with Gasteiger partial charge in [0.2, 0.25) is 0 Å². The second kappa shape index (κ2) is 3.80. The monoisotopic (exact) mass is 138 g/mol. The van der Waals surface area contributed by atoms with Crippen LogP contribution in [-0.2, 0) is 0 Å². The average Bonchev–Trinajstić information content (AvgIpc) is 2.38. The lowest BCUT2D eigenvalue weighted by molar-refractivity contribution is 0.874. The van der Waals surface area contributed by atoms with Crippen LogP contribution in [0.15, 0.2) is 11.1 Å². The summed E-state index contributed by atoms with van der Waals surface area (Å²) in [6.45, 7) is 4.57. The summed E-state index contributed by atoms with van der Waals surface area (Å²) in [5.41, 5.74) is 3.45. The molecular weight excluding hydrogens is 120 g/mol. The number of hydrogen-bond acceptors (Lipinski definition) is 0. The maximum Gasteiger partial charge on any atom is -0.0318 e. The van der Waals surface area contributed by atoms with E-state index in [1.807, 2.05) is 0 Å². The zero-order valence-corrected chi connectivity index (χ0v) is 7.24. The van der Waals surface area contributed by atoms with Crippen LogP contribution in [0.25, 0.3) is 0 Å². The first-order valence-electron chi connectivity index (χ1n) is 4.52. The first-order chi connectivity index (χ1) is 4.84. The van der Waals surface area contributed by atoms with Crippen LogP contribution in [0.2, 0.25) is 0 Å². The molecule has 1 rings (SSSR count). The lowest BCUT2D eigenvalue weighted by atomic mass is 10.0. The van der Waals surface area contributed by atoms with Crippen LogP contribution in [-0.4, -0.2) is 0 Å². The molecule has 0 nitrogen and oxygen atoms in total. The number of allylic oxidation sites excluding steroid dienone is 2. The lowest BCUT2D eigenvalue weighted by Gasteiger charge is -2.02. The highest BCUT2D eigenvalue weighted by molar-refractivity contribution is 5.14. The van der Waals surface area contributed by atoms with Gasteiger partial charge in [0.15, 0.2) is 0 Å². The van der Waals surface area contributed by atoms with E-state index in [1.165, 1.54) is 38.5 Å². The van der Waals surface area contributed by atoms with Gasteiger partial charge >= 0.3 is 0 Å². The Labute approximate surface area is 64.3 Å². The van der Waals surface area contributed by atoms with Crippen molar-refractivity contribution in [2.45, 2.75) is 52.4 Å². The summed E-state index contributed by atoms with van der Waals surface area (Å²) in [7, 11) is 0. The van der Waals surface area contributed by atoms with E-state index < -0.39 is 0 Å². The molecule has 0 heteroatoms. The highest BCUT2D eigenvalue weighted by atomic mass is 14.1. The third-order valence-corrected chi connectivity index (χ3v) is 2.44. The van der Waals surface area contributed by atoms with Gasteiger partial charge in [-0.3, -0.25) is 0 Å². The number of rotatable bonds is 2. The van der Waals surface area contributed by atoms with Crippen molar-refractivity contribution in [2.75, 3.05) is 0 Å². The van der Waals surface area contributed by atoms with Gasteiger partial charge in [-0.25, -0.2) is 0 Å². The Bertz CT molecular complexity index is 123. The van der Waals surface area contributed by atoms with Gasteiger partial charge in [0.05, 0.1) is 0 Å². The second-order valence-corrected chi connectivity index (χ2v) is 3.34. The van der Waals surface area contributed by atoms with Gasteiger partial charge in [-0.15, -0.1) is 0 Å². The highest BCUT2D eigenvalue weighted by Crippen LogP contribution is 2.28. The van der Waals surface area contributed by atoms with E-state index in [9.17, 15) is 0 Å². The molecule has 0 heterocycles. The van der Waals surface area contributed by atoms with Gasteiger partial charge in [-0.05, 0) is 39.0 Å². The molecule has 1 saturated carbocycles. The van der Waals surface area contributed by atoms with E-state index in [4.69, 9.17) is 0 Å². The van der Waals surface area contributed by atoms with Crippen LogP contribution in [0, 0.1) is 0 Å². The van der Waals surface area contributed by atoms with Crippen LogP contribution in [0.4, 0.5) is 0 Å². The zero-order valence-electron chi connectivity index (χ0n) is 7.24. The molecule has 0 unspecified atom stereocenters. The van der Waals surface area contributed by atoms with Gasteiger partial charge < -0.3 is 0 Å². The van der Waals surface area contributed by atoms with Crippen molar-refractivity contribution in [2.24, 2.45) is 0 Å². The molecule has 1 fully saturated rings. The highest BCUT2D eigenvalue weighted by Gasteiger charge is 2.08. The normalized spacial score (nSPS) is 18.0. The molecule has 0 aromatic heterocycles. The second-order valence-electron chi connectivity index (χ2n) is 3.34. The van der Waals surface area contributed by atoms with Crippen LogP contribution >= 0.6 is 0 Å². The predicted molar refractivity (Wildman–Crippen MR) is 46.1 cm³/mol. The summed E-state index contributed by atoms with van der Waals surface area (Å²) in [6.07, 6.45) is 8.31. The van der Waals surface area contributed by atoms with Crippen LogP contribution in [0.5, 0.6) is 0 Å². The van der Waals surface area contributed by atoms with E-state index >= 15 is 0 Å². The smallest absolute Gasteiger partial charge is 0.0318 e. The summed E-state index contributed by atoms with van der Waals surface area (Å²) in [5.74, 6) is 0. The average molecular weight is 138 g/mol. The molecular formula is C10H18. The molecule has 0 aliphatic heterocycles. The fraction of sp³-hybridized carbons (Fsp3) is 0.800. The molecule has 0 bridgehead atoms. The van der Waals surface area contributed by atoms with Crippen LogP contribution in [0.3, 0.4) is 0 Å². The minimum atomic E-state index is 1.31. The van der Waals surface area contributed by atoms with Gasteiger partial charge in [-0.1, -0.05) is 24.5 Å². The fourth-order valence-corrected chi connectivity index (χ4v) is 1.78. The molecule has 0 spiro atoms. The van der Waals surface area contributed by atoms with Crippen molar-refractivity contribution in [3.63, 3.8) is 0 Å². The van der Waals surface area contributed by atoms with Gasteiger partial charge in [0.1, 0.15) is 0 Å². The molecule has 10 heavy (non-hydrogen) atoms. The quantitative estimate of drug-likeness (QED) is 0.511. The third-order valence-electron chi connectivity index (χ3n) is 2.44. The molecule has 0 amide bonds. The Hall–Kier alpha value is -0.260. The summed E-state index contributed by atoms with van der Waals surface area (Å²) < 4.78 is 0. The largest absolute Gasteiger partial charge is 0.0741 e. The van der Waals surface area contributed by atoms with Crippen molar-refractivity contribution >= 4 is 0 Å². The Kier molecular flexibility index (Phi) is 2.98. The molecule has 0 saturated heterocycles. The van der Waals surface area contributed by atoms with Crippen molar-refractivity contribution in [3.8, 4) is 0 Å². The Morgan fingerprint density at radius 1 is 1.30 bits per heavy atom. The SMILES string of the molecule is CCCC(C)=C1CCCC1. The third kappa shape index (κ3) is 1.86. The molecule has 0 N–H and O–H groups in total. The molecule has 0 aromatic rings. The van der Waals surface area contributed by atoms with E-state index in [1.54, 1.807) is 11.1 Å². The standard InChI is InChI=1S/C10H18/c1-3-6-9(2)10-7-4-5-8-10/h3-8H2,1-2H3. The lowest BCUT2D eigenvalue weighted by Crippen LogP contribution is -1.82. The first-order valence-corrected chi connectivity index (χ1v) is 4.52. The van der Waals surface area contributed by atoms with Crippen molar-refractivity contribution in [1.82, 2.24) is 0 Å². The molecule has 1 aliphatic carbocycles. The first kappa shape index (κ1) is 7.84. The zero-order chi connectivity index (χ0) is 7.40. The van der Waals surface area contributed by atoms with Crippen molar-refractivity contribution in [1.29, 1.82) is 0 Å². The van der Waals surface area contributed by atoms with Crippen molar-refractivity contribution in [3.05, 3.63) is 11.1 Å². The molecule has 0 radical (unpaired) electrons. The molecule has 0 atom stereocenters. The minimum absolute atomic E-state index is 1.31. The summed E-state index contributed by atoms with van der Waals surface area (Å²) in [6, 6.07) is 0. The predicted octanol–water partition coefficient (Wildman–Crippen LogP) is 3.68. The Morgan fingerprint density at radius 3 is 2.40 bits per heavy atom. The van der Waals surface area contributed by atoms with Crippen LogP contribution < -0.4 is 0 Å².